The maximum Gasteiger partial charge on any atom is 0.251 e. The van der Waals surface area contributed by atoms with Crippen molar-refractivity contribution in [3.8, 4) is 0 Å². The average Bonchev–Trinajstić information content (AvgIpc) is 2.86. The van der Waals surface area contributed by atoms with Gasteiger partial charge in [-0.15, -0.1) is 0 Å². The number of nitrogens with two attached hydrogens (primary N) is 1. The Morgan fingerprint density at radius 3 is 2.38 bits per heavy atom. The van der Waals surface area contributed by atoms with E-state index in [1.54, 1.807) is 24.3 Å². The van der Waals surface area contributed by atoms with Crippen molar-refractivity contribution in [3.05, 3.63) is 29.8 Å². The van der Waals surface area contributed by atoms with E-state index in [4.69, 9.17) is 5.73 Å². The largest absolute Gasteiger partial charge is 0.352 e. The Morgan fingerprint density at radius 2 is 1.81 bits per heavy atom. The van der Waals surface area contributed by atoms with Gasteiger partial charge in [-0.05, 0) is 44.0 Å². The molecule has 0 atom stereocenters. The van der Waals surface area contributed by atoms with Crippen LogP contribution in [-0.2, 0) is 4.79 Å². The fraction of sp³-hybridized carbons (Fsp3) is 0.500. The van der Waals surface area contributed by atoms with Crippen LogP contribution in [0.4, 0.5) is 5.69 Å². The number of amides is 2. The molecule has 21 heavy (non-hydrogen) atoms. The topological polar surface area (TPSA) is 84.2 Å². The van der Waals surface area contributed by atoms with E-state index in [0.29, 0.717) is 24.2 Å². The first-order valence-corrected chi connectivity index (χ1v) is 7.49. The standard InChI is InChI=1S/C16H23N3O2/c1-2-18-15(21)12-5-7-13(8-6-12)19-14(20)11-16(17)9-3-4-10-16/h5-8H,2-4,9-11,17H2,1H3,(H,18,21)(H,19,20). The Hall–Kier alpha value is -1.88. The molecule has 0 unspecified atom stereocenters. The summed E-state index contributed by atoms with van der Waals surface area (Å²) in [5.74, 6) is -0.174. The molecule has 5 nitrogen and oxygen atoms in total. The van der Waals surface area contributed by atoms with Gasteiger partial charge in [-0.3, -0.25) is 9.59 Å². The molecule has 0 spiro atoms. The Bertz CT molecular complexity index is 505. The zero-order valence-electron chi connectivity index (χ0n) is 12.4. The molecule has 1 aliphatic carbocycles. The first-order valence-electron chi connectivity index (χ1n) is 7.49. The molecular weight excluding hydrogens is 266 g/mol. The summed E-state index contributed by atoms with van der Waals surface area (Å²) in [7, 11) is 0. The fourth-order valence-electron chi connectivity index (χ4n) is 2.75. The van der Waals surface area contributed by atoms with Gasteiger partial charge in [-0.25, -0.2) is 0 Å². The van der Waals surface area contributed by atoms with Crippen LogP contribution in [-0.4, -0.2) is 23.9 Å². The molecule has 0 saturated heterocycles. The monoisotopic (exact) mass is 289 g/mol. The summed E-state index contributed by atoms with van der Waals surface area (Å²) in [4.78, 5) is 23.7. The molecule has 5 heteroatoms. The third kappa shape index (κ3) is 4.29. The quantitative estimate of drug-likeness (QED) is 0.775. The van der Waals surface area contributed by atoms with Gasteiger partial charge < -0.3 is 16.4 Å². The minimum Gasteiger partial charge on any atom is -0.352 e. The molecule has 4 N–H and O–H groups in total. The van der Waals surface area contributed by atoms with E-state index >= 15 is 0 Å². The van der Waals surface area contributed by atoms with E-state index < -0.39 is 0 Å². The Labute approximate surface area is 125 Å². The van der Waals surface area contributed by atoms with Crippen LogP contribution in [0.2, 0.25) is 0 Å². The van der Waals surface area contributed by atoms with Gasteiger partial charge in [-0.1, -0.05) is 12.8 Å². The highest BCUT2D eigenvalue weighted by Crippen LogP contribution is 2.30. The number of hydrogen-bond donors (Lipinski definition) is 3. The van der Waals surface area contributed by atoms with E-state index in [-0.39, 0.29) is 17.4 Å². The van der Waals surface area contributed by atoms with E-state index in [9.17, 15) is 9.59 Å². The van der Waals surface area contributed by atoms with Crippen molar-refractivity contribution in [2.45, 2.75) is 44.6 Å². The van der Waals surface area contributed by atoms with Crippen molar-refractivity contribution in [2.24, 2.45) is 5.73 Å². The van der Waals surface area contributed by atoms with Gasteiger partial charge >= 0.3 is 0 Å². The molecule has 2 rings (SSSR count). The molecular formula is C16H23N3O2. The van der Waals surface area contributed by atoms with Crippen LogP contribution in [0, 0.1) is 0 Å². The molecule has 1 fully saturated rings. The van der Waals surface area contributed by atoms with Gasteiger partial charge in [0.1, 0.15) is 0 Å². The third-order valence-electron chi connectivity index (χ3n) is 3.88. The lowest BCUT2D eigenvalue weighted by molar-refractivity contribution is -0.117. The lowest BCUT2D eigenvalue weighted by Crippen LogP contribution is -2.40. The summed E-state index contributed by atoms with van der Waals surface area (Å²) in [6, 6.07) is 6.88. The lowest BCUT2D eigenvalue weighted by Gasteiger charge is -2.22. The van der Waals surface area contributed by atoms with E-state index in [1.165, 1.54) is 0 Å². The first-order chi connectivity index (χ1) is 10.0. The summed E-state index contributed by atoms with van der Waals surface area (Å²) in [6.07, 6.45) is 4.38. The fourth-order valence-corrected chi connectivity index (χ4v) is 2.75. The summed E-state index contributed by atoms with van der Waals surface area (Å²) >= 11 is 0. The maximum atomic E-state index is 12.0. The number of rotatable bonds is 5. The predicted molar refractivity (Wildman–Crippen MR) is 83.1 cm³/mol. The molecule has 2 amide bonds. The van der Waals surface area contributed by atoms with Crippen molar-refractivity contribution in [1.29, 1.82) is 0 Å². The van der Waals surface area contributed by atoms with Crippen LogP contribution >= 0.6 is 0 Å². The van der Waals surface area contributed by atoms with Crippen LogP contribution in [0.15, 0.2) is 24.3 Å². The first kappa shape index (κ1) is 15.5. The molecule has 0 aliphatic heterocycles. The zero-order chi connectivity index (χ0) is 15.3. The van der Waals surface area contributed by atoms with E-state index in [1.807, 2.05) is 6.92 Å². The summed E-state index contributed by atoms with van der Waals surface area (Å²) in [5.41, 5.74) is 7.13. The summed E-state index contributed by atoms with van der Waals surface area (Å²) in [6.45, 7) is 2.47. The second-order valence-corrected chi connectivity index (χ2v) is 5.73. The second kappa shape index (κ2) is 6.72. The van der Waals surface area contributed by atoms with Gasteiger partial charge in [0.2, 0.25) is 5.91 Å². The summed E-state index contributed by atoms with van der Waals surface area (Å²) in [5, 5.41) is 5.57. The van der Waals surface area contributed by atoms with Crippen molar-refractivity contribution in [1.82, 2.24) is 5.32 Å². The minimum absolute atomic E-state index is 0.0647. The predicted octanol–water partition coefficient (Wildman–Crippen LogP) is 2.04. The lowest BCUT2D eigenvalue weighted by atomic mass is 9.94. The molecule has 0 heterocycles. The van der Waals surface area contributed by atoms with Crippen LogP contribution in [0.25, 0.3) is 0 Å². The number of nitrogens with one attached hydrogen (secondary N) is 2. The second-order valence-electron chi connectivity index (χ2n) is 5.73. The number of carbonyl (C=O) groups is 2. The highest BCUT2D eigenvalue weighted by molar-refractivity contribution is 5.95. The normalized spacial score (nSPS) is 16.5. The molecule has 114 valence electrons. The van der Waals surface area contributed by atoms with Gasteiger partial charge in [0.15, 0.2) is 0 Å². The molecule has 1 aromatic rings. The number of carbonyl (C=O) groups excluding carboxylic acids is 2. The van der Waals surface area contributed by atoms with Gasteiger partial charge in [0.05, 0.1) is 0 Å². The average molecular weight is 289 g/mol. The van der Waals surface area contributed by atoms with E-state index in [0.717, 1.165) is 25.7 Å². The molecule has 0 radical (unpaired) electrons. The van der Waals surface area contributed by atoms with Crippen molar-refractivity contribution >= 4 is 17.5 Å². The van der Waals surface area contributed by atoms with Crippen LogP contribution in [0.1, 0.15) is 49.4 Å². The number of hydrogen-bond acceptors (Lipinski definition) is 3. The smallest absolute Gasteiger partial charge is 0.251 e. The minimum atomic E-state index is -0.342. The zero-order valence-corrected chi connectivity index (χ0v) is 12.4. The van der Waals surface area contributed by atoms with Crippen LogP contribution in [0.5, 0.6) is 0 Å². The number of benzene rings is 1. The van der Waals surface area contributed by atoms with Gasteiger partial charge in [0.25, 0.3) is 5.91 Å². The van der Waals surface area contributed by atoms with E-state index in [2.05, 4.69) is 10.6 Å². The molecule has 0 aromatic heterocycles. The Morgan fingerprint density at radius 1 is 1.19 bits per heavy atom. The molecule has 1 aromatic carbocycles. The maximum absolute atomic E-state index is 12.0. The van der Waals surface area contributed by atoms with Crippen LogP contribution < -0.4 is 16.4 Å². The summed E-state index contributed by atoms with van der Waals surface area (Å²) < 4.78 is 0. The third-order valence-corrected chi connectivity index (χ3v) is 3.88. The Kier molecular flexibility index (Phi) is 4.96. The molecule has 1 saturated carbocycles. The van der Waals surface area contributed by atoms with Crippen molar-refractivity contribution in [3.63, 3.8) is 0 Å². The molecule has 0 bridgehead atoms. The SMILES string of the molecule is CCNC(=O)c1ccc(NC(=O)CC2(N)CCCC2)cc1. The van der Waals surface area contributed by atoms with Gasteiger partial charge in [0, 0.05) is 29.8 Å². The molecule has 1 aliphatic rings. The van der Waals surface area contributed by atoms with Crippen molar-refractivity contribution in [2.75, 3.05) is 11.9 Å². The van der Waals surface area contributed by atoms with Gasteiger partial charge in [-0.2, -0.15) is 0 Å². The number of anilines is 1. The van der Waals surface area contributed by atoms with Crippen LogP contribution in [0.3, 0.4) is 0 Å². The van der Waals surface area contributed by atoms with Crippen molar-refractivity contribution < 1.29 is 9.59 Å². The highest BCUT2D eigenvalue weighted by Gasteiger charge is 2.31. The highest BCUT2D eigenvalue weighted by atomic mass is 16.2. The Balaban J connectivity index is 1.90.